The molecule has 7 radical (unpaired) electrons. The summed E-state index contributed by atoms with van der Waals surface area (Å²) in [4.78, 5) is 38.1. The number of benzene rings is 6. The average molecular weight is 1860 g/mol. The van der Waals surface area contributed by atoms with Gasteiger partial charge in [0.05, 0.1) is 16.6 Å². The second kappa shape index (κ2) is 90.9. The monoisotopic (exact) mass is 1850 g/mol. The van der Waals surface area contributed by atoms with Gasteiger partial charge in [-0.05, 0) is 71.4 Å². The van der Waals surface area contributed by atoms with Crippen LogP contribution in [0.1, 0.15) is 11.1 Å². The molecule has 7 aromatic heterocycles. The maximum Gasteiger partial charge on any atom is 0.115 e. The molecule has 101 heavy (non-hydrogen) atoms. The van der Waals surface area contributed by atoms with E-state index >= 15 is 0 Å². The number of rotatable bonds is 7. The molecule has 0 fully saturated rings. The van der Waals surface area contributed by atoms with Crippen LogP contribution < -0.4 is 0 Å². The number of allylic oxidation sites excluding steroid dienone is 3. The number of nitrogens with zero attached hydrogens (tertiary/aromatic N) is 18. The fraction of sp³-hybridized carbons (Fsp3) is 0.0263. The van der Waals surface area contributed by atoms with E-state index in [0.29, 0.717) is 17.8 Å². The molecule has 0 saturated carbocycles. The molecule has 25 heteroatoms. The van der Waals surface area contributed by atoms with Gasteiger partial charge in [-0.3, -0.25) is 53.8 Å². The van der Waals surface area contributed by atoms with Crippen molar-refractivity contribution < 1.29 is 229 Å². The van der Waals surface area contributed by atoms with Crippen molar-refractivity contribution >= 4 is 63.6 Å². The molecule has 497 valence electrons. The van der Waals surface area contributed by atoms with Crippen LogP contribution in [0, 0.1) is 58.4 Å². The summed E-state index contributed by atoms with van der Waals surface area (Å²) in [5.74, 6) is 0. The summed E-state index contributed by atoms with van der Waals surface area (Å²) in [6.45, 7) is 31.0. The number of hydrogen-bond donors (Lipinski definition) is 0. The minimum absolute atomic E-state index is 0. The maximum absolute atomic E-state index is 8.38. The average Bonchev–Trinajstić information content (AvgIpc) is 0.893. The molecular formula is C76H68N18Y7-14. The molecule has 7 heterocycles. The van der Waals surface area contributed by atoms with E-state index in [0.717, 1.165) is 40.6 Å². The van der Waals surface area contributed by atoms with Crippen molar-refractivity contribution in [3.8, 4) is 0 Å². The summed E-state index contributed by atoms with van der Waals surface area (Å²) in [6.07, 6.45) is 34.0. The molecule has 0 aliphatic heterocycles. The minimum Gasteiger partial charge on any atom is -0.911 e. The molecule has 0 saturated heterocycles. The third-order valence-corrected chi connectivity index (χ3v) is 9.45. The Morgan fingerprint density at radius 1 is 0.376 bits per heavy atom. The van der Waals surface area contributed by atoms with Gasteiger partial charge in [0.15, 0.2) is 0 Å². The Kier molecular flexibility index (Phi) is 100. The topological polar surface area (TPSA) is 268 Å². The second-order valence-electron chi connectivity index (χ2n) is 16.0. The zero-order valence-electron chi connectivity index (χ0n) is 55.6. The van der Waals surface area contributed by atoms with Crippen LogP contribution in [0.4, 0.5) is 5.69 Å². The van der Waals surface area contributed by atoms with Gasteiger partial charge >= 0.3 is 0 Å². The number of aliphatic imine (C=N–C) groups is 1. The largest absolute Gasteiger partial charge is 0.911 e. The molecule has 0 atom stereocenters. The van der Waals surface area contributed by atoms with Crippen molar-refractivity contribution in [3.63, 3.8) is 0 Å². The van der Waals surface area contributed by atoms with Crippen LogP contribution in [0.5, 0.6) is 0 Å². The predicted molar refractivity (Wildman–Crippen MR) is 383 cm³/mol. The van der Waals surface area contributed by atoms with E-state index in [1.165, 1.54) is 40.7 Å². The fourth-order valence-corrected chi connectivity index (χ4v) is 5.47. The molecule has 0 aliphatic rings. The van der Waals surface area contributed by atoms with E-state index in [4.69, 9.17) is 41.6 Å². The minimum atomic E-state index is 0. The Hall–Kier alpha value is -5.23. The third kappa shape index (κ3) is 71.5. The zero-order chi connectivity index (χ0) is 68.5. The Bertz CT molecular complexity index is 3150. The summed E-state index contributed by atoms with van der Waals surface area (Å²) in [6, 6.07) is 71.4. The molecular weight excluding hydrogens is 1790 g/mol. The van der Waals surface area contributed by atoms with Crippen LogP contribution >= 0.6 is 0 Å². The first-order valence-corrected chi connectivity index (χ1v) is 27.7. The third-order valence-electron chi connectivity index (χ3n) is 9.45. The van der Waals surface area contributed by atoms with Crippen LogP contribution in [-0.2, 0) is 229 Å². The second-order valence-corrected chi connectivity index (χ2v) is 16.0. The van der Waals surface area contributed by atoms with Crippen LogP contribution in [0.2, 0.25) is 0 Å². The molecule has 0 amide bonds. The van der Waals surface area contributed by atoms with E-state index in [2.05, 4.69) is 140 Å². The van der Waals surface area contributed by atoms with E-state index < -0.39 is 0 Å². The van der Waals surface area contributed by atoms with Gasteiger partial charge < -0.3 is 107 Å². The number of pyridine rings is 3. The molecule has 13 rings (SSSR count). The van der Waals surface area contributed by atoms with Gasteiger partial charge in [0.25, 0.3) is 0 Å². The van der Waals surface area contributed by atoms with E-state index in [1.54, 1.807) is 111 Å². The number of fused-ring (bicyclic) bond motifs is 3. The van der Waals surface area contributed by atoms with Crippen molar-refractivity contribution in [3.05, 3.63) is 409 Å². The van der Waals surface area contributed by atoms with Crippen molar-refractivity contribution in [1.29, 1.82) is 0 Å². The van der Waals surface area contributed by atoms with Crippen LogP contribution in [0.15, 0.2) is 333 Å². The van der Waals surface area contributed by atoms with Gasteiger partial charge in [-0.25, -0.2) is 22.1 Å². The molecule has 13 aromatic rings. The summed E-state index contributed by atoms with van der Waals surface area (Å²) >= 11 is 0. The molecule has 0 spiro atoms. The van der Waals surface area contributed by atoms with E-state index in [1.807, 2.05) is 158 Å². The standard InChI is InChI=1S/2C9H7N.C8H6N2.C8H6.C7H5N.C6H4N2.C5H5N.3C4H4N2.C4H4.C3H5N.C3H3N.C2H4N2.7Y/c1-2-6-9-8(4-1)5-3-7-10-9;1-2-4-9-7-10-6-5-8(9)3-1;1-2-4-8-7(3-1)9-5-6-10-8;1-2-8-6-4-3-5-7-8;8-6-7-4-2-1-3-5-7;7-8-6-4-2-1-3-5-6;1-2-4-6-5-3-1;1-2-6-4-3-5-1;1-2-5-4-6-3-1;1-2-4-6-5-3-1;2*1-3-4-2;1-2-3-4;1-2-4-3;;;;;;;/h2*1-7H;1-6H;1-6H;1-4,6H;1-4H;1-5H;3*1-4H;1-4H;2H,1,3H2;1-3H;1-2H2;;;;;;;/q;;;3*-2;;;;;4*-2;;;;;;;. The normalized spacial score (nSPS) is 7.78. The summed E-state index contributed by atoms with van der Waals surface area (Å²) in [5, 5.41) is 32.2. The van der Waals surface area contributed by atoms with E-state index in [9.17, 15) is 0 Å². The van der Waals surface area contributed by atoms with Gasteiger partial charge in [-0.15, -0.1) is 55.6 Å². The SMILES string of the molecule is [CH-]=CC=[CH-].[CH-]=CC=[N-].[CH-]=Cc1[c-]cccc1.[CH-]=NC[CH2-].[CH2-]CN=[N-].[N-]=Cc1[c-]cccc1.[N-]=Nc1[c-]cccc1.[Y].[Y].[Y].[Y].[Y].[Y].[Y].c1ccc2cnccc2c1.c1ccc2ncccc2c1.c1ccc2nccnc2c1.c1ccncc1.c1ccnnc1.c1cnccn1.c1cncnc1. The van der Waals surface area contributed by atoms with Crippen LogP contribution in [0.3, 0.4) is 0 Å². The quantitative estimate of drug-likeness (QED) is 0.0626. The number of aromatic nitrogens is 11. The van der Waals surface area contributed by atoms with Crippen molar-refractivity contribution in [2.75, 3.05) is 13.1 Å². The molecule has 0 N–H and O–H groups in total. The van der Waals surface area contributed by atoms with Gasteiger partial charge in [-0.2, -0.15) is 52.2 Å². The predicted octanol–water partition coefficient (Wildman–Crippen LogP) is 17.0. The van der Waals surface area contributed by atoms with Gasteiger partial charge in [0.2, 0.25) is 0 Å². The first kappa shape index (κ1) is 112. The van der Waals surface area contributed by atoms with E-state index in [-0.39, 0.29) is 236 Å². The van der Waals surface area contributed by atoms with Crippen molar-refractivity contribution in [2.24, 2.45) is 15.2 Å². The Labute approximate surface area is 773 Å². The maximum atomic E-state index is 8.38. The van der Waals surface area contributed by atoms with Gasteiger partial charge in [0, 0.05) is 327 Å². The first-order chi connectivity index (χ1) is 46.4. The summed E-state index contributed by atoms with van der Waals surface area (Å²) in [5.41, 5.74) is 20.6. The molecule has 0 unspecified atom stereocenters. The Morgan fingerprint density at radius 3 is 1.09 bits per heavy atom. The van der Waals surface area contributed by atoms with Gasteiger partial charge in [0.1, 0.15) is 6.33 Å². The fourth-order valence-electron chi connectivity index (χ4n) is 5.47. The number of para-hydroxylation sites is 3. The molecule has 18 nitrogen and oxygen atoms in total. The van der Waals surface area contributed by atoms with Crippen molar-refractivity contribution in [2.45, 2.75) is 0 Å². The van der Waals surface area contributed by atoms with Crippen LogP contribution in [0.25, 0.3) is 60.7 Å². The summed E-state index contributed by atoms with van der Waals surface area (Å²) < 4.78 is 0. The molecule has 6 aromatic carbocycles. The molecule has 0 aliphatic carbocycles. The van der Waals surface area contributed by atoms with Gasteiger partial charge in [-0.1, -0.05) is 72.4 Å². The Morgan fingerprint density at radius 2 is 0.792 bits per heavy atom. The first-order valence-electron chi connectivity index (χ1n) is 27.7. The smallest absolute Gasteiger partial charge is 0.115 e. The Balaban J connectivity index is -0.000000155. The number of hydrogen-bond acceptors (Lipinski definition) is 14. The molecule has 0 bridgehead atoms. The summed E-state index contributed by atoms with van der Waals surface area (Å²) in [7, 11) is 0. The van der Waals surface area contributed by atoms with Crippen LogP contribution in [-0.4, -0.2) is 87.3 Å². The van der Waals surface area contributed by atoms with Crippen molar-refractivity contribution in [1.82, 2.24) is 55.1 Å². The zero-order valence-corrected chi connectivity index (χ0v) is 75.4.